The highest BCUT2D eigenvalue weighted by Crippen LogP contribution is 2.29. The van der Waals surface area contributed by atoms with Crippen molar-refractivity contribution in [3.63, 3.8) is 0 Å². The minimum atomic E-state index is -3.79. The Morgan fingerprint density at radius 3 is 2.40 bits per heavy atom. The van der Waals surface area contributed by atoms with Crippen molar-refractivity contribution in [2.24, 2.45) is 5.92 Å². The number of urea groups is 1. The van der Waals surface area contributed by atoms with Gasteiger partial charge in [0.05, 0.1) is 35.3 Å². The molecule has 0 saturated heterocycles. The normalized spacial score (nSPS) is 20.3. The first kappa shape index (κ1) is 36.9. The molecule has 0 radical (unpaired) electrons. The predicted octanol–water partition coefficient (Wildman–Crippen LogP) is 5.76. The fraction of sp³-hybridized carbons (Fsp3) is 0.444. The van der Waals surface area contributed by atoms with Gasteiger partial charge in [0, 0.05) is 44.0 Å². The number of carbonyl (C=O) groups excluding carboxylic acids is 2. The lowest BCUT2D eigenvalue weighted by molar-refractivity contribution is -0.00833. The maximum absolute atomic E-state index is 14.3. The molecule has 260 valence electrons. The Morgan fingerprint density at radius 1 is 1.02 bits per heavy atom. The predicted molar refractivity (Wildman–Crippen MR) is 187 cm³/mol. The quantitative estimate of drug-likeness (QED) is 0.275. The number of carbonyl (C=O) groups is 2. The van der Waals surface area contributed by atoms with Gasteiger partial charge in [0.2, 0.25) is 10.0 Å². The molecular formula is C36H48N4O7S. The second-order valence-corrected chi connectivity index (χ2v) is 14.6. The molecule has 1 aliphatic heterocycles. The summed E-state index contributed by atoms with van der Waals surface area (Å²) in [7, 11) is -2.25. The third-order valence-electron chi connectivity index (χ3n) is 8.51. The summed E-state index contributed by atoms with van der Waals surface area (Å²) in [6.45, 7) is 7.87. The van der Waals surface area contributed by atoms with E-state index in [0.717, 1.165) is 18.4 Å². The van der Waals surface area contributed by atoms with E-state index in [1.807, 2.05) is 39.0 Å². The summed E-state index contributed by atoms with van der Waals surface area (Å²) >= 11 is 0. The standard InChI is InChI=1S/C36H48N4O7S/c1-25-14-17-31(18-15-25)48(44,45)39(5)23-34-26(2)22-40(27(3)24-41)35(42)32-21-30(38-36(43)37-29-12-7-6-8-13-29)16-19-33(32)47-28(4)11-9-10-20-46-34/h6-8,12-19,21,26-28,34,41H,9-11,20,22-24H2,1-5H3,(H2,37,38,43)/t26-,27+,28-,34+/m0/s1. The SMILES string of the molecule is Cc1ccc(S(=O)(=O)N(C)C[C@H]2OCCCC[C@H](C)Oc3ccc(NC(=O)Nc4ccccc4)cc3C(=O)N([C@H](C)CO)C[C@@H]2C)cc1. The number of anilines is 2. The van der Waals surface area contributed by atoms with Gasteiger partial charge in [-0.05, 0) is 82.5 Å². The summed E-state index contributed by atoms with van der Waals surface area (Å²) in [4.78, 5) is 28.9. The number of hydrogen-bond acceptors (Lipinski definition) is 7. The number of hydrogen-bond donors (Lipinski definition) is 3. The first-order valence-electron chi connectivity index (χ1n) is 16.4. The van der Waals surface area contributed by atoms with Crippen molar-refractivity contribution in [3.05, 3.63) is 83.9 Å². The van der Waals surface area contributed by atoms with Gasteiger partial charge in [-0.2, -0.15) is 4.31 Å². The zero-order valence-corrected chi connectivity index (χ0v) is 29.2. The molecule has 0 saturated carbocycles. The zero-order chi connectivity index (χ0) is 34.8. The molecule has 0 bridgehead atoms. The van der Waals surface area contributed by atoms with Crippen LogP contribution in [0, 0.1) is 12.8 Å². The van der Waals surface area contributed by atoms with E-state index in [1.165, 1.54) is 11.4 Å². The number of nitrogens with one attached hydrogen (secondary N) is 2. The lowest BCUT2D eigenvalue weighted by atomic mass is 10.0. The average molecular weight is 681 g/mol. The van der Waals surface area contributed by atoms with Gasteiger partial charge in [-0.3, -0.25) is 4.79 Å². The molecular weight excluding hydrogens is 632 g/mol. The molecule has 11 nitrogen and oxygen atoms in total. The van der Waals surface area contributed by atoms with Crippen LogP contribution in [0.3, 0.4) is 0 Å². The number of aliphatic hydroxyl groups is 1. The van der Waals surface area contributed by atoms with Gasteiger partial charge in [-0.1, -0.05) is 42.8 Å². The zero-order valence-electron chi connectivity index (χ0n) is 28.4. The molecule has 1 aliphatic rings. The fourth-order valence-electron chi connectivity index (χ4n) is 5.52. The molecule has 0 unspecified atom stereocenters. The van der Waals surface area contributed by atoms with Crippen LogP contribution in [0.25, 0.3) is 0 Å². The summed E-state index contributed by atoms with van der Waals surface area (Å²) in [5.41, 5.74) is 2.21. The number of fused-ring (bicyclic) bond motifs is 1. The third kappa shape index (κ3) is 9.79. The number of aliphatic hydroxyl groups excluding tert-OH is 1. The topological polar surface area (TPSA) is 138 Å². The number of aryl methyl sites for hydroxylation is 1. The van der Waals surface area contributed by atoms with E-state index in [0.29, 0.717) is 30.2 Å². The largest absolute Gasteiger partial charge is 0.490 e. The van der Waals surface area contributed by atoms with E-state index < -0.39 is 34.1 Å². The van der Waals surface area contributed by atoms with Crippen LogP contribution in [0.15, 0.2) is 77.7 Å². The second-order valence-electron chi connectivity index (χ2n) is 12.6. The Balaban J connectivity index is 1.62. The van der Waals surface area contributed by atoms with Crippen molar-refractivity contribution in [2.75, 3.05) is 44.0 Å². The van der Waals surface area contributed by atoms with Gasteiger partial charge in [0.25, 0.3) is 5.91 Å². The third-order valence-corrected chi connectivity index (χ3v) is 10.3. The molecule has 0 fully saturated rings. The highest BCUT2D eigenvalue weighted by Gasteiger charge is 2.32. The van der Waals surface area contributed by atoms with Crippen LogP contribution in [0.5, 0.6) is 5.75 Å². The number of para-hydroxylation sites is 1. The van der Waals surface area contributed by atoms with Gasteiger partial charge < -0.3 is 30.1 Å². The monoisotopic (exact) mass is 680 g/mol. The molecule has 0 aromatic heterocycles. The molecule has 48 heavy (non-hydrogen) atoms. The maximum atomic E-state index is 14.3. The van der Waals surface area contributed by atoms with Gasteiger partial charge in [-0.25, -0.2) is 13.2 Å². The number of benzene rings is 3. The van der Waals surface area contributed by atoms with Crippen LogP contribution in [0.4, 0.5) is 16.2 Å². The molecule has 12 heteroatoms. The minimum Gasteiger partial charge on any atom is -0.490 e. The molecule has 0 spiro atoms. The number of likely N-dealkylation sites (N-methyl/N-ethyl adjacent to an activating group) is 1. The molecule has 3 N–H and O–H groups in total. The van der Waals surface area contributed by atoms with Gasteiger partial charge in [0.15, 0.2) is 0 Å². The fourth-order valence-corrected chi connectivity index (χ4v) is 6.70. The number of rotatable bonds is 8. The van der Waals surface area contributed by atoms with E-state index in [2.05, 4.69) is 10.6 Å². The lowest BCUT2D eigenvalue weighted by Crippen LogP contribution is -2.48. The maximum Gasteiger partial charge on any atom is 0.323 e. The average Bonchev–Trinajstić information content (AvgIpc) is 3.06. The first-order valence-corrected chi connectivity index (χ1v) is 17.8. The van der Waals surface area contributed by atoms with E-state index in [-0.39, 0.29) is 42.2 Å². The van der Waals surface area contributed by atoms with Crippen LogP contribution in [0.2, 0.25) is 0 Å². The van der Waals surface area contributed by atoms with Crippen LogP contribution in [-0.2, 0) is 14.8 Å². The number of ether oxygens (including phenoxy) is 2. The van der Waals surface area contributed by atoms with E-state index in [9.17, 15) is 23.1 Å². The van der Waals surface area contributed by atoms with Gasteiger partial charge in [-0.15, -0.1) is 0 Å². The van der Waals surface area contributed by atoms with Crippen molar-refractivity contribution in [1.29, 1.82) is 0 Å². The highest BCUT2D eigenvalue weighted by molar-refractivity contribution is 7.89. The summed E-state index contributed by atoms with van der Waals surface area (Å²) in [5, 5.41) is 15.8. The highest BCUT2D eigenvalue weighted by atomic mass is 32.2. The number of sulfonamides is 1. The lowest BCUT2D eigenvalue weighted by Gasteiger charge is -2.35. The second kappa shape index (κ2) is 16.9. The Kier molecular flexibility index (Phi) is 13.0. The van der Waals surface area contributed by atoms with Crippen molar-refractivity contribution >= 4 is 33.3 Å². The first-order chi connectivity index (χ1) is 22.9. The van der Waals surface area contributed by atoms with Crippen LogP contribution in [0.1, 0.15) is 56.0 Å². The van der Waals surface area contributed by atoms with E-state index in [1.54, 1.807) is 66.4 Å². The number of nitrogens with zero attached hydrogens (tertiary/aromatic N) is 2. The smallest absolute Gasteiger partial charge is 0.323 e. The minimum absolute atomic E-state index is 0.0770. The van der Waals surface area contributed by atoms with Crippen LogP contribution >= 0.6 is 0 Å². The molecule has 1 heterocycles. The van der Waals surface area contributed by atoms with Gasteiger partial charge in [0.1, 0.15) is 5.75 Å². The molecule has 3 aromatic rings. The molecule has 3 amide bonds. The summed E-state index contributed by atoms with van der Waals surface area (Å²) in [6.07, 6.45) is 1.49. The Morgan fingerprint density at radius 2 is 1.71 bits per heavy atom. The Labute approximate surface area is 284 Å². The molecule has 0 aliphatic carbocycles. The Bertz CT molecular complexity index is 1620. The molecule has 3 aromatic carbocycles. The number of amides is 3. The summed E-state index contributed by atoms with van der Waals surface area (Å²) in [6, 6.07) is 19.6. The van der Waals surface area contributed by atoms with Crippen molar-refractivity contribution < 1.29 is 32.6 Å². The van der Waals surface area contributed by atoms with Crippen LogP contribution < -0.4 is 15.4 Å². The van der Waals surface area contributed by atoms with E-state index in [4.69, 9.17) is 9.47 Å². The molecule has 4 rings (SSSR count). The van der Waals surface area contributed by atoms with Gasteiger partial charge >= 0.3 is 6.03 Å². The molecule has 4 atom stereocenters. The van der Waals surface area contributed by atoms with Crippen molar-refractivity contribution in [1.82, 2.24) is 9.21 Å². The summed E-state index contributed by atoms with van der Waals surface area (Å²) < 4.78 is 40.8. The van der Waals surface area contributed by atoms with Crippen LogP contribution in [-0.4, -0.2) is 86.3 Å². The van der Waals surface area contributed by atoms with E-state index >= 15 is 0 Å². The van der Waals surface area contributed by atoms with Crippen molar-refractivity contribution in [3.8, 4) is 5.75 Å². The van der Waals surface area contributed by atoms with Crippen molar-refractivity contribution in [2.45, 2.75) is 70.1 Å². The Hall–Kier alpha value is -3.97. The summed E-state index contributed by atoms with van der Waals surface area (Å²) in [5.74, 6) is -0.338.